The van der Waals surface area contributed by atoms with Crippen molar-refractivity contribution in [3.63, 3.8) is 0 Å². The minimum atomic E-state index is -0.430. The van der Waals surface area contributed by atoms with Crippen molar-refractivity contribution in [2.75, 3.05) is 33.3 Å². The largest absolute Gasteiger partial charge is 0.491 e. The number of amides is 2. The van der Waals surface area contributed by atoms with Crippen LogP contribution in [0.25, 0.3) is 0 Å². The molecule has 0 bridgehead atoms. The number of nitrogens with one attached hydrogen (secondary N) is 1. The number of hydrogen-bond donors (Lipinski definition) is 2. The second-order valence-corrected chi connectivity index (χ2v) is 8.39. The van der Waals surface area contributed by atoms with Crippen molar-refractivity contribution in [2.45, 2.75) is 39.5 Å². The van der Waals surface area contributed by atoms with Crippen molar-refractivity contribution < 1.29 is 14.3 Å². The molecule has 0 spiro atoms. The van der Waals surface area contributed by atoms with Gasteiger partial charge in [0.15, 0.2) is 0 Å². The van der Waals surface area contributed by atoms with Gasteiger partial charge in [-0.05, 0) is 17.0 Å². The molecule has 0 unspecified atom stereocenters. The maximum absolute atomic E-state index is 12.7. The molecule has 1 aliphatic heterocycles. The normalized spacial score (nSPS) is 14.6. The fourth-order valence-corrected chi connectivity index (χ4v) is 3.21. The molecule has 1 heterocycles. The number of nitrogens with zero attached hydrogens (tertiary/aromatic N) is 2. The Morgan fingerprint density at radius 1 is 1.28 bits per heavy atom. The summed E-state index contributed by atoms with van der Waals surface area (Å²) in [4.78, 5) is 27.4. The van der Waals surface area contributed by atoms with E-state index in [0.29, 0.717) is 37.4 Å². The van der Waals surface area contributed by atoms with Crippen LogP contribution in [0.5, 0.6) is 5.75 Å². The Labute approximate surface area is 173 Å². The third-order valence-corrected chi connectivity index (χ3v) is 5.07. The number of carbonyl (C=O) groups excluding carboxylic acids is 2. The van der Waals surface area contributed by atoms with Crippen LogP contribution in [0.15, 0.2) is 35.5 Å². The lowest BCUT2D eigenvalue weighted by molar-refractivity contribution is -0.128. The summed E-state index contributed by atoms with van der Waals surface area (Å²) in [5, 5.41) is 8.29. The third-order valence-electron chi connectivity index (χ3n) is 5.07. The van der Waals surface area contributed by atoms with E-state index in [1.807, 2.05) is 24.3 Å². The van der Waals surface area contributed by atoms with Crippen molar-refractivity contribution in [1.29, 1.82) is 5.41 Å². The van der Waals surface area contributed by atoms with Crippen LogP contribution < -0.4 is 10.5 Å². The van der Waals surface area contributed by atoms with Gasteiger partial charge in [-0.3, -0.25) is 15.0 Å². The third kappa shape index (κ3) is 5.59. The number of benzene rings is 1. The highest BCUT2D eigenvalue weighted by molar-refractivity contribution is 6.44. The standard InChI is InChI=1S/C22H32N4O3/c1-15(27)26-11-10-18(23)16(14-26)20(24)21(28)25(5)12-13-29-19-9-7-6-8-17(19)22(2,3)4/h6-9,24H,10-14,23H2,1-5H3. The van der Waals surface area contributed by atoms with Crippen LogP contribution >= 0.6 is 0 Å². The topological polar surface area (TPSA) is 99.7 Å². The van der Waals surface area contributed by atoms with Crippen LogP contribution in [-0.4, -0.2) is 60.6 Å². The number of nitrogens with two attached hydrogens (primary N) is 1. The smallest absolute Gasteiger partial charge is 0.272 e. The summed E-state index contributed by atoms with van der Waals surface area (Å²) < 4.78 is 5.93. The highest BCUT2D eigenvalue weighted by Crippen LogP contribution is 2.30. The van der Waals surface area contributed by atoms with Gasteiger partial charge in [-0.15, -0.1) is 0 Å². The van der Waals surface area contributed by atoms with Crippen LogP contribution in [0.4, 0.5) is 0 Å². The van der Waals surface area contributed by atoms with E-state index in [9.17, 15) is 9.59 Å². The first kappa shape index (κ1) is 22.5. The zero-order valence-electron chi connectivity index (χ0n) is 18.0. The Morgan fingerprint density at radius 2 is 1.93 bits per heavy atom. The predicted octanol–water partition coefficient (Wildman–Crippen LogP) is 2.31. The number of rotatable bonds is 6. The maximum Gasteiger partial charge on any atom is 0.272 e. The van der Waals surface area contributed by atoms with Gasteiger partial charge in [0.25, 0.3) is 5.91 Å². The highest BCUT2D eigenvalue weighted by atomic mass is 16.5. The number of carbonyl (C=O) groups is 2. The number of para-hydroxylation sites is 1. The summed E-state index contributed by atoms with van der Waals surface area (Å²) >= 11 is 0. The van der Waals surface area contributed by atoms with Gasteiger partial charge in [-0.25, -0.2) is 0 Å². The molecule has 0 saturated carbocycles. The van der Waals surface area contributed by atoms with Crippen molar-refractivity contribution in [3.8, 4) is 5.75 Å². The molecule has 3 N–H and O–H groups in total. The van der Waals surface area contributed by atoms with Crippen molar-refractivity contribution in [2.24, 2.45) is 5.73 Å². The molecule has 1 aromatic carbocycles. The molecule has 0 aromatic heterocycles. The molecular weight excluding hydrogens is 368 g/mol. The molecule has 7 heteroatoms. The average molecular weight is 401 g/mol. The molecule has 0 aliphatic carbocycles. The van der Waals surface area contributed by atoms with Crippen LogP contribution in [0.2, 0.25) is 0 Å². The first-order chi connectivity index (χ1) is 13.5. The van der Waals surface area contributed by atoms with Crippen molar-refractivity contribution in [1.82, 2.24) is 9.80 Å². The second-order valence-electron chi connectivity index (χ2n) is 8.39. The predicted molar refractivity (Wildman–Crippen MR) is 114 cm³/mol. The molecule has 2 rings (SSSR count). The van der Waals surface area contributed by atoms with E-state index in [0.717, 1.165) is 11.3 Å². The molecule has 1 aromatic rings. The van der Waals surface area contributed by atoms with Gasteiger partial charge in [0.2, 0.25) is 5.91 Å². The Bertz CT molecular complexity index is 824. The summed E-state index contributed by atoms with van der Waals surface area (Å²) in [6, 6.07) is 7.87. The van der Waals surface area contributed by atoms with Crippen LogP contribution in [-0.2, 0) is 15.0 Å². The number of hydrogen-bond acceptors (Lipinski definition) is 5. The summed E-state index contributed by atoms with van der Waals surface area (Å²) in [6.07, 6.45) is 0.473. The first-order valence-corrected chi connectivity index (χ1v) is 9.82. The second kappa shape index (κ2) is 9.11. The Balaban J connectivity index is 1.98. The summed E-state index contributed by atoms with van der Waals surface area (Å²) in [7, 11) is 1.64. The van der Waals surface area contributed by atoms with Crippen LogP contribution in [0.3, 0.4) is 0 Å². The van der Waals surface area contributed by atoms with Gasteiger partial charge in [0, 0.05) is 44.8 Å². The first-order valence-electron chi connectivity index (χ1n) is 9.82. The van der Waals surface area contributed by atoms with Gasteiger partial charge in [0.05, 0.1) is 6.54 Å². The van der Waals surface area contributed by atoms with Crippen LogP contribution in [0, 0.1) is 5.41 Å². The van der Waals surface area contributed by atoms with E-state index >= 15 is 0 Å². The average Bonchev–Trinajstić information content (AvgIpc) is 2.66. The Kier molecular flexibility index (Phi) is 7.06. The van der Waals surface area contributed by atoms with Gasteiger partial charge >= 0.3 is 0 Å². The molecule has 1 aliphatic rings. The molecule has 2 amide bonds. The van der Waals surface area contributed by atoms with E-state index in [1.54, 1.807) is 11.9 Å². The summed E-state index contributed by atoms with van der Waals surface area (Å²) in [6.45, 7) is 9.22. The highest BCUT2D eigenvalue weighted by Gasteiger charge is 2.27. The molecule has 0 atom stereocenters. The Morgan fingerprint density at radius 3 is 2.55 bits per heavy atom. The quantitative estimate of drug-likeness (QED) is 0.716. The van der Waals surface area contributed by atoms with Gasteiger partial charge in [-0.1, -0.05) is 39.0 Å². The van der Waals surface area contributed by atoms with Gasteiger partial charge in [0.1, 0.15) is 18.1 Å². The van der Waals surface area contributed by atoms with E-state index in [2.05, 4.69) is 20.8 Å². The van der Waals surface area contributed by atoms with E-state index in [1.165, 1.54) is 11.8 Å². The van der Waals surface area contributed by atoms with E-state index in [-0.39, 0.29) is 23.6 Å². The molecular formula is C22H32N4O3. The zero-order chi connectivity index (χ0) is 21.8. The fraction of sp³-hybridized carbons (Fsp3) is 0.500. The molecule has 7 nitrogen and oxygen atoms in total. The number of ether oxygens (including phenoxy) is 1. The monoisotopic (exact) mass is 400 g/mol. The van der Waals surface area contributed by atoms with Gasteiger partial charge in [-0.2, -0.15) is 0 Å². The molecule has 0 saturated heterocycles. The van der Waals surface area contributed by atoms with Crippen molar-refractivity contribution in [3.05, 3.63) is 41.1 Å². The molecule has 29 heavy (non-hydrogen) atoms. The van der Waals surface area contributed by atoms with E-state index < -0.39 is 5.91 Å². The SMILES string of the molecule is CC(=O)N1CCC(N)=C(C(=N)C(=O)N(C)CCOc2ccccc2C(C)(C)C)C1. The summed E-state index contributed by atoms with van der Waals surface area (Å²) in [5.74, 6) is 0.280. The minimum Gasteiger partial charge on any atom is -0.491 e. The number of likely N-dealkylation sites (N-methyl/N-ethyl adjacent to an activating group) is 1. The maximum atomic E-state index is 12.7. The molecule has 158 valence electrons. The lowest BCUT2D eigenvalue weighted by Crippen LogP contribution is -2.43. The summed E-state index contributed by atoms with van der Waals surface area (Å²) in [5.41, 5.74) is 7.85. The minimum absolute atomic E-state index is 0.0476. The Hall–Kier alpha value is -2.83. The van der Waals surface area contributed by atoms with E-state index in [4.69, 9.17) is 15.9 Å². The lowest BCUT2D eigenvalue weighted by Gasteiger charge is -2.29. The zero-order valence-corrected chi connectivity index (χ0v) is 18.0. The van der Waals surface area contributed by atoms with Crippen molar-refractivity contribution >= 4 is 17.5 Å². The van der Waals surface area contributed by atoms with Gasteiger partial charge < -0.3 is 20.3 Å². The fourth-order valence-electron chi connectivity index (χ4n) is 3.21. The van der Waals surface area contributed by atoms with Crippen LogP contribution in [0.1, 0.15) is 39.7 Å². The lowest BCUT2D eigenvalue weighted by atomic mass is 9.86. The molecule has 0 radical (unpaired) electrons. The molecule has 0 fully saturated rings.